The van der Waals surface area contributed by atoms with Crippen molar-refractivity contribution in [3.8, 4) is 5.75 Å². The molecule has 3 heteroatoms. The van der Waals surface area contributed by atoms with E-state index in [1.165, 1.54) is 5.56 Å². The van der Waals surface area contributed by atoms with Crippen molar-refractivity contribution in [1.82, 2.24) is 0 Å². The topological polar surface area (TPSA) is 29.5 Å². The van der Waals surface area contributed by atoms with Gasteiger partial charge in [0.2, 0.25) is 0 Å². The summed E-state index contributed by atoms with van der Waals surface area (Å²) in [6.07, 6.45) is 1.76. The van der Waals surface area contributed by atoms with E-state index >= 15 is 0 Å². The van der Waals surface area contributed by atoms with E-state index in [4.69, 9.17) is 9.84 Å². The van der Waals surface area contributed by atoms with Crippen molar-refractivity contribution in [2.24, 2.45) is 0 Å². The van der Waals surface area contributed by atoms with Crippen LogP contribution in [0, 0.1) is 0 Å². The molecule has 1 N–H and O–H groups in total. The first kappa shape index (κ1) is 14.5. The molecule has 0 amide bonds. The maximum Gasteiger partial charge on any atom is 0.133 e. The second kappa shape index (κ2) is 6.41. The molecule has 0 saturated carbocycles. The Bertz CT molecular complexity index is 361. The van der Waals surface area contributed by atoms with Crippen LogP contribution in [0.1, 0.15) is 39.2 Å². The summed E-state index contributed by atoms with van der Waals surface area (Å²) in [5.41, 5.74) is 1.20. The van der Waals surface area contributed by atoms with E-state index in [9.17, 15) is 0 Å². The highest BCUT2D eigenvalue weighted by Gasteiger charge is 2.20. The van der Waals surface area contributed by atoms with Crippen molar-refractivity contribution in [2.75, 3.05) is 13.2 Å². The van der Waals surface area contributed by atoms with Gasteiger partial charge in [-0.25, -0.2) is 0 Å². The lowest BCUT2D eigenvalue weighted by molar-refractivity contribution is 0.252. The fraction of sp³-hybridized carbons (Fsp3) is 0.571. The van der Waals surface area contributed by atoms with Crippen molar-refractivity contribution >= 4 is 15.9 Å². The first-order valence-electron chi connectivity index (χ1n) is 6.05. The highest BCUT2D eigenvalue weighted by Crippen LogP contribution is 2.33. The fourth-order valence-electron chi connectivity index (χ4n) is 1.67. The van der Waals surface area contributed by atoms with Crippen LogP contribution in [0.25, 0.3) is 0 Å². The SMILES string of the molecule is CCCOc1ccc(C(C)(C)CCO)cc1Br. The Morgan fingerprint density at radius 2 is 2.06 bits per heavy atom. The van der Waals surface area contributed by atoms with Gasteiger partial charge in [0.1, 0.15) is 5.75 Å². The van der Waals surface area contributed by atoms with Gasteiger partial charge >= 0.3 is 0 Å². The lowest BCUT2D eigenvalue weighted by atomic mass is 9.82. The van der Waals surface area contributed by atoms with E-state index in [0.717, 1.165) is 29.7 Å². The normalized spacial score (nSPS) is 11.6. The summed E-state index contributed by atoms with van der Waals surface area (Å²) < 4.78 is 6.60. The van der Waals surface area contributed by atoms with Crippen molar-refractivity contribution in [2.45, 2.75) is 39.0 Å². The third kappa shape index (κ3) is 4.00. The molecule has 0 unspecified atom stereocenters. The second-order valence-corrected chi connectivity index (χ2v) is 5.71. The summed E-state index contributed by atoms with van der Waals surface area (Å²) in [5.74, 6) is 0.885. The van der Waals surface area contributed by atoms with Gasteiger partial charge in [-0.1, -0.05) is 26.8 Å². The van der Waals surface area contributed by atoms with E-state index < -0.39 is 0 Å². The molecule has 0 aliphatic heterocycles. The van der Waals surface area contributed by atoms with Gasteiger partial charge in [0.05, 0.1) is 11.1 Å². The zero-order valence-corrected chi connectivity index (χ0v) is 12.4. The van der Waals surface area contributed by atoms with E-state index in [-0.39, 0.29) is 12.0 Å². The molecule has 0 bridgehead atoms. The first-order chi connectivity index (χ1) is 8.01. The van der Waals surface area contributed by atoms with Gasteiger partial charge in [-0.15, -0.1) is 0 Å². The van der Waals surface area contributed by atoms with Crippen LogP contribution in [0.3, 0.4) is 0 Å². The smallest absolute Gasteiger partial charge is 0.133 e. The Morgan fingerprint density at radius 3 is 2.59 bits per heavy atom. The van der Waals surface area contributed by atoms with Crippen LogP contribution >= 0.6 is 15.9 Å². The van der Waals surface area contributed by atoms with Crippen LogP contribution in [0.4, 0.5) is 0 Å². The molecule has 0 aliphatic rings. The standard InChI is InChI=1S/C14H21BrO2/c1-4-9-17-13-6-5-11(10-12(13)15)14(2,3)7-8-16/h5-6,10,16H,4,7-9H2,1-3H3. The molecule has 2 nitrogen and oxygen atoms in total. The summed E-state index contributed by atoms with van der Waals surface area (Å²) >= 11 is 3.53. The molecule has 0 radical (unpaired) electrons. The van der Waals surface area contributed by atoms with E-state index in [1.54, 1.807) is 0 Å². The Balaban J connectivity index is 2.88. The van der Waals surface area contributed by atoms with Gasteiger partial charge < -0.3 is 9.84 Å². The molecular formula is C14H21BrO2. The molecule has 17 heavy (non-hydrogen) atoms. The minimum Gasteiger partial charge on any atom is -0.492 e. The number of halogens is 1. The maximum absolute atomic E-state index is 9.07. The maximum atomic E-state index is 9.07. The Kier molecular flexibility index (Phi) is 5.47. The van der Waals surface area contributed by atoms with Crippen LogP contribution in [0.2, 0.25) is 0 Å². The molecule has 1 aromatic rings. The first-order valence-corrected chi connectivity index (χ1v) is 6.84. The molecule has 1 aromatic carbocycles. The molecule has 0 heterocycles. The second-order valence-electron chi connectivity index (χ2n) is 4.85. The predicted molar refractivity (Wildman–Crippen MR) is 74.7 cm³/mol. The Morgan fingerprint density at radius 1 is 1.35 bits per heavy atom. The Labute approximate surface area is 112 Å². The number of hydrogen-bond acceptors (Lipinski definition) is 2. The summed E-state index contributed by atoms with van der Waals surface area (Å²) in [4.78, 5) is 0. The minimum absolute atomic E-state index is 0.0133. The zero-order chi connectivity index (χ0) is 12.9. The van der Waals surface area contributed by atoms with Gasteiger partial charge in [0.15, 0.2) is 0 Å². The molecule has 96 valence electrons. The summed E-state index contributed by atoms with van der Waals surface area (Å²) in [6.45, 7) is 7.30. The molecule has 0 spiro atoms. The number of hydrogen-bond donors (Lipinski definition) is 1. The molecule has 0 aliphatic carbocycles. The number of benzene rings is 1. The monoisotopic (exact) mass is 300 g/mol. The number of ether oxygens (including phenoxy) is 1. The minimum atomic E-state index is -0.0133. The lowest BCUT2D eigenvalue weighted by Crippen LogP contribution is -2.18. The largest absolute Gasteiger partial charge is 0.492 e. The van der Waals surface area contributed by atoms with Crippen LogP contribution in [-0.4, -0.2) is 18.3 Å². The third-order valence-electron chi connectivity index (χ3n) is 2.91. The van der Waals surface area contributed by atoms with Crippen molar-refractivity contribution < 1.29 is 9.84 Å². The van der Waals surface area contributed by atoms with Gasteiger partial charge in [0, 0.05) is 6.61 Å². The molecule has 0 fully saturated rings. The van der Waals surface area contributed by atoms with Crippen molar-refractivity contribution in [1.29, 1.82) is 0 Å². The van der Waals surface area contributed by atoms with Gasteiger partial charge in [-0.3, -0.25) is 0 Å². The zero-order valence-electron chi connectivity index (χ0n) is 10.8. The van der Waals surface area contributed by atoms with E-state index in [0.29, 0.717) is 0 Å². The molecule has 0 saturated heterocycles. The summed E-state index contributed by atoms with van der Waals surface area (Å²) in [5, 5.41) is 9.07. The van der Waals surface area contributed by atoms with Gasteiger partial charge in [0.25, 0.3) is 0 Å². The highest BCUT2D eigenvalue weighted by molar-refractivity contribution is 9.10. The number of rotatable bonds is 6. The molecule has 1 rings (SSSR count). The van der Waals surface area contributed by atoms with Crippen LogP contribution in [0.15, 0.2) is 22.7 Å². The fourth-order valence-corrected chi connectivity index (χ4v) is 2.17. The summed E-state index contributed by atoms with van der Waals surface area (Å²) in [6, 6.07) is 6.15. The van der Waals surface area contributed by atoms with E-state index in [2.05, 4.69) is 48.8 Å². The third-order valence-corrected chi connectivity index (χ3v) is 3.53. The van der Waals surface area contributed by atoms with Gasteiger partial charge in [-0.05, 0) is 51.9 Å². The van der Waals surface area contributed by atoms with Crippen LogP contribution in [0.5, 0.6) is 5.75 Å². The van der Waals surface area contributed by atoms with Crippen LogP contribution in [-0.2, 0) is 5.41 Å². The average Bonchev–Trinajstić information content (AvgIpc) is 2.27. The van der Waals surface area contributed by atoms with E-state index in [1.807, 2.05) is 6.07 Å². The average molecular weight is 301 g/mol. The molecule has 0 aromatic heterocycles. The molecular weight excluding hydrogens is 280 g/mol. The summed E-state index contributed by atoms with van der Waals surface area (Å²) in [7, 11) is 0. The van der Waals surface area contributed by atoms with Gasteiger partial charge in [-0.2, -0.15) is 0 Å². The predicted octanol–water partition coefficient (Wildman–Crippen LogP) is 3.90. The van der Waals surface area contributed by atoms with Crippen molar-refractivity contribution in [3.05, 3.63) is 28.2 Å². The van der Waals surface area contributed by atoms with Crippen LogP contribution < -0.4 is 4.74 Å². The Hall–Kier alpha value is -0.540. The van der Waals surface area contributed by atoms with Crippen molar-refractivity contribution in [3.63, 3.8) is 0 Å². The molecule has 0 atom stereocenters. The number of aliphatic hydroxyl groups is 1. The quantitative estimate of drug-likeness (QED) is 0.863. The lowest BCUT2D eigenvalue weighted by Gasteiger charge is -2.25. The number of aliphatic hydroxyl groups excluding tert-OH is 1. The highest BCUT2D eigenvalue weighted by atomic mass is 79.9.